The summed E-state index contributed by atoms with van der Waals surface area (Å²) in [5.41, 5.74) is 1.15. The topological polar surface area (TPSA) is 41.1 Å². The molecule has 0 aliphatic rings. The van der Waals surface area contributed by atoms with Crippen LogP contribution in [0, 0.1) is 0 Å². The summed E-state index contributed by atoms with van der Waals surface area (Å²) in [6.45, 7) is 8.06. The average molecular weight is 237 g/mol. The summed E-state index contributed by atoms with van der Waals surface area (Å²) in [6.07, 6.45) is 8.17. The average Bonchev–Trinajstić information content (AvgIpc) is 2.85. The minimum Gasteiger partial charge on any atom is -0.483 e. The molecule has 1 N–H and O–H groups in total. The lowest BCUT2D eigenvalue weighted by Crippen LogP contribution is -2.27. The molecule has 96 valence electrons. The summed E-state index contributed by atoms with van der Waals surface area (Å²) in [5.74, 6) is 0.751. The van der Waals surface area contributed by atoms with Gasteiger partial charge in [-0.15, -0.1) is 0 Å². The van der Waals surface area contributed by atoms with Gasteiger partial charge >= 0.3 is 0 Å². The summed E-state index contributed by atoms with van der Waals surface area (Å²) in [6, 6.07) is 0. The molecule has 1 heterocycles. The van der Waals surface area contributed by atoms with Crippen LogP contribution < -0.4 is 0 Å². The first-order valence-electron chi connectivity index (χ1n) is 6.23. The van der Waals surface area contributed by atoms with Crippen molar-refractivity contribution in [3.63, 3.8) is 0 Å². The number of rotatable bonds is 9. The molecule has 4 heteroatoms. The number of ether oxygens (including phenoxy) is 1. The highest BCUT2D eigenvalue weighted by atomic mass is 16.5. The van der Waals surface area contributed by atoms with Gasteiger partial charge in [0.15, 0.2) is 5.88 Å². The highest BCUT2D eigenvalue weighted by Crippen LogP contribution is 2.07. The van der Waals surface area contributed by atoms with Gasteiger partial charge in [-0.3, -0.25) is 0 Å². The van der Waals surface area contributed by atoms with Crippen molar-refractivity contribution in [1.29, 1.82) is 0 Å². The molecule has 0 aromatic carbocycles. The van der Waals surface area contributed by atoms with Crippen LogP contribution in [0.2, 0.25) is 0 Å². The number of nitrogens with zero attached hydrogens (tertiary/aromatic N) is 2. The van der Waals surface area contributed by atoms with Crippen LogP contribution in [0.5, 0.6) is 0 Å². The zero-order valence-corrected chi connectivity index (χ0v) is 10.9. The van der Waals surface area contributed by atoms with Gasteiger partial charge in [0.1, 0.15) is 0 Å². The SMILES string of the molecule is C=C(OC)N(CCCCC)CCc1cnc[nH]1. The molecule has 0 bridgehead atoms. The number of hydrogen-bond donors (Lipinski definition) is 1. The van der Waals surface area contributed by atoms with Crippen molar-refractivity contribution in [2.24, 2.45) is 0 Å². The Balaban J connectivity index is 2.37. The fraction of sp³-hybridized carbons (Fsp3) is 0.615. The van der Waals surface area contributed by atoms with Crippen LogP contribution in [0.4, 0.5) is 0 Å². The van der Waals surface area contributed by atoms with Crippen molar-refractivity contribution in [2.45, 2.75) is 32.6 Å². The van der Waals surface area contributed by atoms with Gasteiger partial charge in [-0.05, 0) is 13.0 Å². The smallest absolute Gasteiger partial charge is 0.181 e. The van der Waals surface area contributed by atoms with E-state index in [1.54, 1.807) is 13.4 Å². The lowest BCUT2D eigenvalue weighted by Gasteiger charge is -2.25. The van der Waals surface area contributed by atoms with E-state index in [4.69, 9.17) is 4.74 Å². The standard InChI is InChI=1S/C13H23N3O/c1-4-5-6-8-16(12(2)17-3)9-7-13-10-14-11-15-13/h10-11H,2,4-9H2,1,3H3,(H,14,15). The lowest BCUT2D eigenvalue weighted by molar-refractivity contribution is 0.153. The van der Waals surface area contributed by atoms with Gasteiger partial charge in [0, 0.05) is 31.4 Å². The number of aromatic nitrogens is 2. The zero-order valence-electron chi connectivity index (χ0n) is 10.9. The third kappa shape index (κ3) is 4.93. The predicted octanol–water partition coefficient (Wildman–Crippen LogP) is 2.56. The van der Waals surface area contributed by atoms with Crippen molar-refractivity contribution in [3.05, 3.63) is 30.7 Å². The van der Waals surface area contributed by atoms with E-state index in [0.29, 0.717) is 0 Å². The van der Waals surface area contributed by atoms with Crippen LogP contribution in [0.1, 0.15) is 31.9 Å². The van der Waals surface area contributed by atoms with E-state index in [9.17, 15) is 0 Å². The predicted molar refractivity (Wildman–Crippen MR) is 69.5 cm³/mol. The van der Waals surface area contributed by atoms with Gasteiger partial charge in [0.25, 0.3) is 0 Å². The molecule has 0 aliphatic heterocycles. The Morgan fingerprint density at radius 2 is 2.29 bits per heavy atom. The molecule has 4 nitrogen and oxygen atoms in total. The first-order valence-corrected chi connectivity index (χ1v) is 6.23. The Morgan fingerprint density at radius 1 is 1.47 bits per heavy atom. The molecule has 0 fully saturated rings. The molecule has 0 unspecified atom stereocenters. The number of imidazole rings is 1. The van der Waals surface area contributed by atoms with Crippen LogP contribution in [0.3, 0.4) is 0 Å². The summed E-state index contributed by atoms with van der Waals surface area (Å²) in [4.78, 5) is 9.31. The Bertz CT molecular complexity index is 308. The number of H-pyrrole nitrogens is 1. The van der Waals surface area contributed by atoms with Gasteiger partial charge in [-0.1, -0.05) is 19.8 Å². The second-order valence-electron chi connectivity index (χ2n) is 4.12. The second-order valence-corrected chi connectivity index (χ2v) is 4.12. The Labute approximate surface area is 104 Å². The maximum Gasteiger partial charge on any atom is 0.181 e. The van der Waals surface area contributed by atoms with Crippen LogP contribution >= 0.6 is 0 Å². The van der Waals surface area contributed by atoms with E-state index in [0.717, 1.165) is 31.1 Å². The Hall–Kier alpha value is -1.45. The highest BCUT2D eigenvalue weighted by molar-refractivity contribution is 4.96. The van der Waals surface area contributed by atoms with Crippen molar-refractivity contribution in [3.8, 4) is 0 Å². The van der Waals surface area contributed by atoms with Gasteiger partial charge in [-0.25, -0.2) is 4.98 Å². The molecule has 0 spiro atoms. The minimum atomic E-state index is 0.751. The number of methoxy groups -OCH3 is 1. The van der Waals surface area contributed by atoms with E-state index >= 15 is 0 Å². The number of hydrogen-bond acceptors (Lipinski definition) is 3. The van der Waals surface area contributed by atoms with E-state index in [1.165, 1.54) is 19.3 Å². The number of nitrogens with one attached hydrogen (secondary N) is 1. The van der Waals surface area contributed by atoms with Crippen LogP contribution in [0.25, 0.3) is 0 Å². The third-order valence-corrected chi connectivity index (χ3v) is 2.83. The van der Waals surface area contributed by atoms with Crippen molar-refractivity contribution >= 4 is 0 Å². The van der Waals surface area contributed by atoms with E-state index in [-0.39, 0.29) is 0 Å². The first kappa shape index (κ1) is 13.6. The maximum absolute atomic E-state index is 5.22. The minimum absolute atomic E-state index is 0.751. The molecule has 0 saturated carbocycles. The Kier molecular flexibility index (Phi) is 6.22. The zero-order chi connectivity index (χ0) is 12.5. The Morgan fingerprint density at radius 3 is 2.88 bits per heavy atom. The number of unbranched alkanes of at least 4 members (excludes halogenated alkanes) is 2. The van der Waals surface area contributed by atoms with Crippen molar-refractivity contribution in [1.82, 2.24) is 14.9 Å². The number of aromatic amines is 1. The van der Waals surface area contributed by atoms with Crippen LogP contribution in [0.15, 0.2) is 25.0 Å². The summed E-state index contributed by atoms with van der Waals surface area (Å²) in [7, 11) is 1.67. The van der Waals surface area contributed by atoms with Gasteiger partial charge in [0.05, 0.1) is 13.4 Å². The molecule has 17 heavy (non-hydrogen) atoms. The summed E-state index contributed by atoms with van der Waals surface area (Å²) >= 11 is 0. The first-order chi connectivity index (χ1) is 8.27. The molecule has 1 aromatic heterocycles. The largest absolute Gasteiger partial charge is 0.483 e. The summed E-state index contributed by atoms with van der Waals surface area (Å²) in [5, 5.41) is 0. The normalized spacial score (nSPS) is 10.2. The van der Waals surface area contributed by atoms with E-state index < -0.39 is 0 Å². The molecule has 1 aromatic rings. The monoisotopic (exact) mass is 237 g/mol. The van der Waals surface area contributed by atoms with Crippen LogP contribution in [-0.4, -0.2) is 35.1 Å². The van der Waals surface area contributed by atoms with Crippen molar-refractivity contribution in [2.75, 3.05) is 20.2 Å². The summed E-state index contributed by atoms with van der Waals surface area (Å²) < 4.78 is 5.22. The highest BCUT2D eigenvalue weighted by Gasteiger charge is 2.07. The molecule has 0 radical (unpaired) electrons. The molecule has 0 atom stereocenters. The maximum atomic E-state index is 5.22. The van der Waals surface area contributed by atoms with Crippen LogP contribution in [-0.2, 0) is 11.2 Å². The lowest BCUT2D eigenvalue weighted by atomic mass is 10.2. The van der Waals surface area contributed by atoms with E-state index in [2.05, 4.69) is 28.4 Å². The third-order valence-electron chi connectivity index (χ3n) is 2.83. The molecule has 0 amide bonds. The molecular weight excluding hydrogens is 214 g/mol. The fourth-order valence-electron chi connectivity index (χ4n) is 1.72. The quantitative estimate of drug-likeness (QED) is 0.530. The van der Waals surface area contributed by atoms with Gasteiger partial charge in [0.2, 0.25) is 0 Å². The second kappa shape index (κ2) is 7.76. The van der Waals surface area contributed by atoms with Crippen molar-refractivity contribution < 1.29 is 4.74 Å². The molecule has 1 rings (SSSR count). The molecule has 0 aliphatic carbocycles. The molecular formula is C13H23N3O. The van der Waals surface area contributed by atoms with Gasteiger partial charge < -0.3 is 14.6 Å². The van der Waals surface area contributed by atoms with Gasteiger partial charge in [-0.2, -0.15) is 0 Å². The fourth-order valence-corrected chi connectivity index (χ4v) is 1.72. The molecule has 0 saturated heterocycles. The van der Waals surface area contributed by atoms with E-state index in [1.807, 2.05) is 6.20 Å².